The molecule has 9 rings (SSSR count). The van der Waals surface area contributed by atoms with Crippen molar-refractivity contribution in [1.29, 1.82) is 0 Å². The van der Waals surface area contributed by atoms with Crippen molar-refractivity contribution in [3.05, 3.63) is 256 Å². The molecule has 0 saturated heterocycles. The molecular weight excluding hydrogens is 910 g/mol. The van der Waals surface area contributed by atoms with Crippen LogP contribution in [0.1, 0.15) is 65.2 Å². The molecule has 0 unspecified atom stereocenters. The fourth-order valence-corrected chi connectivity index (χ4v) is 9.40. The summed E-state index contributed by atoms with van der Waals surface area (Å²) in [6.07, 6.45) is 1.77. The number of hydrogen-bond acceptors (Lipinski definition) is 9. The number of benzene rings is 8. The average Bonchev–Trinajstić information content (AvgIpc) is 3.41. The predicted octanol–water partition coefficient (Wildman–Crippen LogP) is 13.6. The molecule has 1 heterocycles. The second-order valence-corrected chi connectivity index (χ2v) is 18.6. The zero-order valence-electron chi connectivity index (χ0n) is 39.5. The molecule has 10 nitrogen and oxygen atoms in total. The maximum atomic E-state index is 15.0. The molecule has 0 atom stereocenters. The van der Waals surface area contributed by atoms with Crippen molar-refractivity contribution < 1.29 is 46.5 Å². The van der Waals surface area contributed by atoms with E-state index in [0.29, 0.717) is 62.2 Å². The summed E-state index contributed by atoms with van der Waals surface area (Å²) in [4.78, 5) is 27.8. The zero-order valence-corrected chi connectivity index (χ0v) is 40.4. The number of esters is 2. The Kier molecular flexibility index (Phi) is 14.9. The molecule has 1 aromatic heterocycles. The van der Waals surface area contributed by atoms with Gasteiger partial charge >= 0.3 is 19.8 Å². The third kappa shape index (κ3) is 11.8. The van der Waals surface area contributed by atoms with Gasteiger partial charge in [-0.3, -0.25) is 9.05 Å². The van der Waals surface area contributed by atoms with Crippen molar-refractivity contribution in [3.8, 4) is 11.5 Å². The Bertz CT molecular complexity index is 3330. The second kappa shape index (κ2) is 22.1. The van der Waals surface area contributed by atoms with Crippen LogP contribution in [0.3, 0.4) is 0 Å². The highest BCUT2D eigenvalue weighted by Gasteiger charge is 2.32. The number of aromatic nitrogens is 1. The molecule has 8 aromatic carbocycles. The molecule has 0 aliphatic rings. The zero-order chi connectivity index (χ0) is 49.2. The lowest BCUT2D eigenvalue weighted by Gasteiger charge is -2.21. The smallest absolute Gasteiger partial charge is 0.489 e. The summed E-state index contributed by atoms with van der Waals surface area (Å²) in [7, 11) is -2.46. The summed E-state index contributed by atoms with van der Waals surface area (Å²) in [6.45, 7) is 4.04. The van der Waals surface area contributed by atoms with Crippen LogP contribution in [0.15, 0.2) is 200 Å². The highest BCUT2D eigenvalue weighted by molar-refractivity contribution is 7.48. The van der Waals surface area contributed by atoms with Crippen molar-refractivity contribution in [2.24, 2.45) is 7.05 Å². The van der Waals surface area contributed by atoms with Crippen molar-refractivity contribution >= 4 is 53.4 Å². The number of phosphoric ester groups is 1. The average molecular weight is 961 g/mol. The van der Waals surface area contributed by atoms with Crippen LogP contribution in [0.2, 0.25) is 0 Å². The lowest BCUT2D eigenvalue weighted by molar-refractivity contribution is -0.617. The maximum absolute atomic E-state index is 15.0. The van der Waals surface area contributed by atoms with Crippen LogP contribution >= 0.6 is 7.82 Å². The minimum absolute atomic E-state index is 0.0439. The Morgan fingerprint density at radius 3 is 1.61 bits per heavy atom. The number of pyridine rings is 1. The van der Waals surface area contributed by atoms with Gasteiger partial charge in [-0.15, -0.1) is 0 Å². The molecule has 0 amide bonds. The second-order valence-electron chi connectivity index (χ2n) is 17.0. The maximum Gasteiger partial charge on any atom is 0.530 e. The number of nitrogens with zero attached hydrogens (tertiary/aromatic N) is 1. The Labute approximate surface area is 412 Å². The number of phosphoric acid groups is 1. The molecule has 354 valence electrons. The molecule has 0 radical (unpaired) electrons. The van der Waals surface area contributed by atoms with E-state index < -0.39 is 19.8 Å². The van der Waals surface area contributed by atoms with E-state index in [9.17, 15) is 9.59 Å². The van der Waals surface area contributed by atoms with Crippen LogP contribution in [0.5, 0.6) is 11.5 Å². The summed E-state index contributed by atoms with van der Waals surface area (Å²) >= 11 is 0. The first-order chi connectivity index (χ1) is 34.6. The summed E-state index contributed by atoms with van der Waals surface area (Å²) in [5.74, 6) is 0.141. The monoisotopic (exact) mass is 960 g/mol. The molecule has 0 aliphatic carbocycles. The van der Waals surface area contributed by atoms with Crippen LogP contribution < -0.4 is 14.0 Å². The van der Waals surface area contributed by atoms with E-state index in [2.05, 4.69) is 0 Å². The lowest BCUT2D eigenvalue weighted by atomic mass is 9.99. The minimum Gasteiger partial charge on any atom is -0.489 e. The van der Waals surface area contributed by atoms with Crippen LogP contribution in [0.25, 0.3) is 33.6 Å². The number of carbonyl (C=O) groups is 2. The highest BCUT2D eigenvalue weighted by Crippen LogP contribution is 2.55. The number of ether oxygens (including phenoxy) is 3. The fourth-order valence-electron chi connectivity index (χ4n) is 8.21. The van der Waals surface area contributed by atoms with E-state index in [-0.39, 0.29) is 25.6 Å². The van der Waals surface area contributed by atoms with Gasteiger partial charge in [0, 0.05) is 17.7 Å². The van der Waals surface area contributed by atoms with Crippen LogP contribution in [-0.4, -0.2) is 11.9 Å². The van der Waals surface area contributed by atoms with Gasteiger partial charge in [-0.25, -0.2) is 14.2 Å². The summed E-state index contributed by atoms with van der Waals surface area (Å²) in [5.41, 5.74) is 8.02. The van der Waals surface area contributed by atoms with E-state index in [4.69, 9.17) is 27.8 Å². The van der Waals surface area contributed by atoms with Crippen molar-refractivity contribution in [3.63, 3.8) is 0 Å². The Morgan fingerprint density at radius 2 is 1.03 bits per heavy atom. The molecule has 0 spiro atoms. The third-order valence-electron chi connectivity index (χ3n) is 11.9. The number of carbonyl (C=O) groups excluding carboxylic acids is 2. The van der Waals surface area contributed by atoms with Crippen molar-refractivity contribution in [1.82, 2.24) is 0 Å². The van der Waals surface area contributed by atoms with E-state index >= 15 is 4.57 Å². The van der Waals surface area contributed by atoms with Gasteiger partial charge in [0.15, 0.2) is 0 Å². The van der Waals surface area contributed by atoms with Gasteiger partial charge < -0.3 is 18.7 Å². The molecular formula is C60H51NO9P+. The van der Waals surface area contributed by atoms with Gasteiger partial charge in [-0.1, -0.05) is 152 Å². The van der Waals surface area contributed by atoms with Gasteiger partial charge in [-0.05, 0) is 95.3 Å². The molecule has 0 fully saturated rings. The summed E-state index contributed by atoms with van der Waals surface area (Å²) in [5, 5.41) is 1.27. The van der Waals surface area contributed by atoms with E-state index in [1.165, 1.54) is 0 Å². The molecule has 0 N–H and O–H groups in total. The highest BCUT2D eigenvalue weighted by atomic mass is 31.2. The SMILES string of the molecule is Cc1cc(C(=O)OCc2ccccc2)cc(C)c1OC(=O)c1c2ccccc2[n+](C)c2cc(C(=Cc3ccc(OCc4ccccc4)cc3)OP(=O)(OCc3ccccc3)OCc3ccccc3)ccc12. The fraction of sp³-hybridized carbons (Fsp3) is 0.117. The summed E-state index contributed by atoms with van der Waals surface area (Å²) in [6, 6.07) is 62.1. The number of aryl methyl sites for hydroxylation is 3. The molecule has 0 bridgehead atoms. The largest absolute Gasteiger partial charge is 0.530 e. The number of hydrogen-bond donors (Lipinski definition) is 0. The first-order valence-electron chi connectivity index (χ1n) is 23.1. The Morgan fingerprint density at radius 1 is 0.521 bits per heavy atom. The molecule has 0 aliphatic heterocycles. The van der Waals surface area contributed by atoms with Crippen LogP contribution in [0.4, 0.5) is 0 Å². The Hall–Kier alpha value is -8.14. The third-order valence-corrected chi connectivity index (χ3v) is 13.2. The minimum atomic E-state index is -4.38. The normalized spacial score (nSPS) is 11.6. The number of rotatable bonds is 18. The van der Waals surface area contributed by atoms with Gasteiger partial charge in [0.2, 0.25) is 11.0 Å². The van der Waals surface area contributed by atoms with Crippen molar-refractivity contribution in [2.45, 2.75) is 40.3 Å². The molecule has 11 heteroatoms. The van der Waals surface area contributed by atoms with Crippen LogP contribution in [0, 0.1) is 13.8 Å². The lowest BCUT2D eigenvalue weighted by Crippen LogP contribution is -2.31. The number of para-hydroxylation sites is 1. The number of fused-ring (bicyclic) bond motifs is 2. The van der Waals surface area contributed by atoms with Crippen molar-refractivity contribution in [2.75, 3.05) is 0 Å². The first-order valence-corrected chi connectivity index (χ1v) is 24.6. The first kappa shape index (κ1) is 47.9. The predicted molar refractivity (Wildman–Crippen MR) is 275 cm³/mol. The molecule has 9 aromatic rings. The standard InChI is InChI=1S/C60H51NO9P/c1-42-34-50(59(62)66-39-46-20-10-5-11-21-46)35-43(2)58(42)69-60(63)57-52-26-16-17-27-54(52)61(3)55-37-49(30-33-53(55)57)56(36-44-28-31-51(32-29-44)65-38-45-18-8-4-9-19-45)70-71(64,67-40-47-22-12-6-13-23-47)68-41-48-24-14-7-15-25-48/h4-37H,38-41H2,1-3H3/q+1. The van der Waals surface area contributed by atoms with Gasteiger partial charge in [-0.2, -0.15) is 4.57 Å². The summed E-state index contributed by atoms with van der Waals surface area (Å²) < 4.78 is 53.7. The van der Waals surface area contributed by atoms with Gasteiger partial charge in [0.25, 0.3) is 0 Å². The molecule has 71 heavy (non-hydrogen) atoms. The van der Waals surface area contributed by atoms with E-state index in [1.807, 2.05) is 200 Å². The van der Waals surface area contributed by atoms with Gasteiger partial charge in [0.05, 0.1) is 35.1 Å². The van der Waals surface area contributed by atoms with Crippen LogP contribution in [-0.2, 0) is 56.3 Å². The van der Waals surface area contributed by atoms with E-state index in [1.54, 1.807) is 32.1 Å². The molecule has 0 saturated carbocycles. The quantitative estimate of drug-likeness (QED) is 0.0158. The Balaban J connectivity index is 1.08. The van der Waals surface area contributed by atoms with E-state index in [0.717, 1.165) is 33.3 Å². The topological polar surface area (TPSA) is 110 Å². The van der Waals surface area contributed by atoms with Gasteiger partial charge in [0.1, 0.15) is 37.5 Å².